The highest BCUT2D eigenvalue weighted by Gasteiger charge is 2.39. The van der Waals surface area contributed by atoms with Crippen LogP contribution in [0.15, 0.2) is 70.4 Å². The highest BCUT2D eigenvalue weighted by molar-refractivity contribution is 8.47. The number of hydrogen-bond acceptors (Lipinski definition) is 30. The molecule has 7 aromatic heterocycles. The molecular formula is C88H98N8S24. The molecule has 6 aliphatic rings. The first-order chi connectivity index (χ1) is 58.8. The van der Waals surface area contributed by atoms with Crippen LogP contribution in [0, 0.1) is 0 Å². The summed E-state index contributed by atoms with van der Waals surface area (Å²) in [4.78, 5) is 52.4. The van der Waals surface area contributed by atoms with Crippen LogP contribution >= 0.6 is 281 Å². The molecule has 17 rings (SSSR count). The first-order valence-corrected chi connectivity index (χ1v) is 64.5. The van der Waals surface area contributed by atoms with Gasteiger partial charge in [0.2, 0.25) is 0 Å². The molecule has 120 heavy (non-hydrogen) atoms. The van der Waals surface area contributed by atoms with Gasteiger partial charge in [-0.2, -0.15) is 0 Å². The summed E-state index contributed by atoms with van der Waals surface area (Å²) in [5, 5.41) is 9.39. The fourth-order valence-electron chi connectivity index (χ4n) is 16.4. The number of hydrogen-bond donors (Lipinski definition) is 2. The van der Waals surface area contributed by atoms with Crippen molar-refractivity contribution in [2.24, 2.45) is 0 Å². The Morgan fingerprint density at radius 1 is 0.217 bits per heavy atom. The summed E-state index contributed by atoms with van der Waals surface area (Å²) in [6.45, 7) is 18.9. The van der Waals surface area contributed by atoms with E-state index in [9.17, 15) is 0 Å². The van der Waals surface area contributed by atoms with Crippen LogP contribution in [0.2, 0.25) is 0 Å². The van der Waals surface area contributed by atoms with Crippen molar-refractivity contribution in [1.82, 2.24) is 39.9 Å². The van der Waals surface area contributed by atoms with Crippen molar-refractivity contribution in [2.75, 3.05) is 50.0 Å². The van der Waals surface area contributed by atoms with Crippen LogP contribution in [0.4, 0.5) is 0 Å². The van der Waals surface area contributed by atoms with Crippen molar-refractivity contribution in [3.05, 3.63) is 103 Å². The molecule has 8 bridgehead atoms. The van der Waals surface area contributed by atoms with Crippen LogP contribution in [0.25, 0.3) is 116 Å². The van der Waals surface area contributed by atoms with Crippen LogP contribution in [0.5, 0.6) is 0 Å². The maximum Gasteiger partial charge on any atom is 0.165 e. The van der Waals surface area contributed by atoms with E-state index < -0.39 is 0 Å². The van der Waals surface area contributed by atoms with Crippen molar-refractivity contribution in [1.29, 1.82) is 0 Å². The number of benzene rings is 4. The minimum absolute atomic E-state index is 0.749. The van der Waals surface area contributed by atoms with E-state index in [4.69, 9.17) is 29.9 Å². The molecule has 0 amide bonds. The van der Waals surface area contributed by atoms with Crippen molar-refractivity contribution in [3.63, 3.8) is 0 Å². The second kappa shape index (κ2) is 41.4. The van der Waals surface area contributed by atoms with Crippen molar-refractivity contribution >= 4 is 396 Å². The van der Waals surface area contributed by atoms with E-state index in [1.165, 1.54) is 171 Å². The lowest BCUT2D eigenvalue weighted by Crippen LogP contribution is -1.98. The molecular weight excluding hydrogens is 1940 g/mol. The molecule has 0 atom stereocenters. The largest absolute Gasteiger partial charge is 0.324 e. The molecule has 0 saturated carbocycles. The number of aromatic amines is 2. The summed E-state index contributed by atoms with van der Waals surface area (Å²) >= 11 is 47.1. The Kier molecular flexibility index (Phi) is 31.7. The standard InChI is InChI=1S/C88H98N8S24/c1-17-25-33-41-49-50(42(34-26-18-2)58-57(41)105-81(106-58)85-113-73(97-9)74(98-10)114-85)66-89-65(49)93-67-51-43(35-27-19-3)59-60(108-82(107-59)86-115-75(99-11)76(100-12)116-86)44(36-28-20-4)52(51)69(90-67)95-71-55-47(39-31-23-7)63-64(112-84(111-63)88-119-79(103-15)80(104-16)120-88)48(40-32-24-8)56(55)72(92-71)96-70-54-46(38-30-22-6)62-61(45(37-29-21-5)53(54)68(91-70)94-66)109-83(110-62)87-117-77(101-13)78(102-14)118-87/h17-40H2,1-16H3,(H2,89,90,91,92,93,94,95,96). The molecule has 0 spiro atoms. The number of thioether (sulfide) groups is 20. The van der Waals surface area contributed by atoms with Crippen LogP contribution in [0.1, 0.15) is 203 Å². The SMILES string of the molecule is CCCCc1c2sc(=C3SC(SC)=C(SC)S3)sc2c(CCCC)c2c3nc(nc4[nH]c(nc5nc(nc6[nH]c(n3)c3c(CCCC)c7c(c(CCCC)c63)SC(=C3SC(SC)=C(SC)S3)S7)c3c(CCCC)c6sc(=C7SC(SC)=C(SC)S7)sc6c(CCCC)c53)c3c(CCCC)c5c(c(CCCC)c43)SC(=C3SC(SC)=C(SC)S3)S5)c12. The van der Waals surface area contributed by atoms with E-state index in [-0.39, 0.29) is 0 Å². The number of H-pyrrole nitrogens is 2. The van der Waals surface area contributed by atoms with E-state index in [0.29, 0.717) is 0 Å². The van der Waals surface area contributed by atoms with Gasteiger partial charge in [0.1, 0.15) is 30.3 Å². The lowest BCUT2D eigenvalue weighted by atomic mass is 9.95. The van der Waals surface area contributed by atoms with Gasteiger partial charge in [-0.05, 0) is 197 Å². The Hall–Kier alpha value is 0.0400. The van der Waals surface area contributed by atoms with E-state index >= 15 is 0 Å². The number of aryl methyl sites for hydroxylation is 8. The molecule has 32 heteroatoms. The van der Waals surface area contributed by atoms with Gasteiger partial charge in [-0.3, -0.25) is 0 Å². The predicted octanol–water partition coefficient (Wildman–Crippen LogP) is 35.0. The Balaban J connectivity index is 1.13. The lowest BCUT2D eigenvalue weighted by Gasteiger charge is -2.15. The third-order valence-electron chi connectivity index (χ3n) is 22.1. The molecule has 8 nitrogen and oxygen atoms in total. The number of nitrogens with one attached hydrogen (secondary N) is 2. The second-order valence-corrected chi connectivity index (χ2v) is 56.8. The molecule has 6 aliphatic heterocycles. The number of fused-ring (bicyclic) bond motifs is 24. The van der Waals surface area contributed by atoms with E-state index in [2.05, 4.69) is 115 Å². The molecule has 13 heterocycles. The normalized spacial score (nSPS) is 16.1. The average molecular weight is 2040 g/mol. The lowest BCUT2D eigenvalue weighted by molar-refractivity contribution is 0.771. The number of unbranched alkanes of at least 4 members (excludes halogenated alkanes) is 8. The summed E-state index contributed by atoms with van der Waals surface area (Å²) < 4.78 is 28.0. The zero-order valence-corrected chi connectivity index (χ0v) is 90.0. The summed E-state index contributed by atoms with van der Waals surface area (Å²) in [6, 6.07) is 0. The summed E-state index contributed by atoms with van der Waals surface area (Å²) in [7, 11) is 0. The smallest absolute Gasteiger partial charge is 0.165 e. The Morgan fingerprint density at radius 3 is 0.592 bits per heavy atom. The van der Waals surface area contributed by atoms with E-state index in [1.54, 1.807) is 0 Å². The van der Waals surface area contributed by atoms with Gasteiger partial charge in [0.05, 0.1) is 78.1 Å². The van der Waals surface area contributed by atoms with Gasteiger partial charge in [-0.15, -0.1) is 139 Å². The van der Waals surface area contributed by atoms with Crippen molar-refractivity contribution < 1.29 is 0 Å². The third kappa shape index (κ3) is 17.5. The summed E-state index contributed by atoms with van der Waals surface area (Å²) in [5.74, 6) is 0. The molecule has 0 radical (unpaired) electrons. The van der Waals surface area contributed by atoms with Crippen LogP contribution in [0.3, 0.4) is 0 Å². The average Bonchev–Trinajstić information content (AvgIpc) is 1.54. The minimum Gasteiger partial charge on any atom is -0.324 e. The van der Waals surface area contributed by atoms with E-state index in [0.717, 1.165) is 221 Å². The van der Waals surface area contributed by atoms with Crippen LogP contribution < -0.4 is 7.69 Å². The van der Waals surface area contributed by atoms with Crippen molar-refractivity contribution in [3.8, 4) is 0 Å². The molecule has 0 saturated heterocycles. The van der Waals surface area contributed by atoms with Gasteiger partial charge >= 0.3 is 0 Å². The highest BCUT2D eigenvalue weighted by atomic mass is 32.3. The fourth-order valence-corrected chi connectivity index (χ4v) is 49.2. The molecule has 2 N–H and O–H groups in total. The number of aromatic nitrogens is 8. The van der Waals surface area contributed by atoms with Gasteiger partial charge in [-0.25, -0.2) is 29.9 Å². The molecule has 0 aliphatic carbocycles. The second-order valence-electron chi connectivity index (χ2n) is 29.8. The molecule has 634 valence electrons. The van der Waals surface area contributed by atoms with Gasteiger partial charge in [0, 0.05) is 62.7 Å². The zero-order chi connectivity index (χ0) is 83.3. The van der Waals surface area contributed by atoms with Gasteiger partial charge in [0.25, 0.3) is 0 Å². The molecule has 11 aromatic rings. The fraction of sp³-hybridized carbons (Fsp3) is 0.455. The topological polar surface area (TPSA) is 109 Å². The van der Waals surface area contributed by atoms with Crippen molar-refractivity contribution in [2.45, 2.75) is 229 Å². The Morgan fingerprint density at radius 2 is 0.400 bits per heavy atom. The first-order valence-electron chi connectivity index (χ1n) is 41.6. The first kappa shape index (κ1) is 91.9. The third-order valence-corrected chi connectivity index (χ3v) is 56.0. The minimum atomic E-state index is 0.749. The van der Waals surface area contributed by atoms with Gasteiger partial charge < -0.3 is 9.97 Å². The Labute approximate surface area is 807 Å². The molecule has 0 unspecified atom stereocenters. The molecule has 0 fully saturated rings. The quantitative estimate of drug-likeness (QED) is 0.0417. The number of nitrogens with zero attached hydrogens (tertiary/aromatic N) is 6. The number of rotatable bonds is 32. The summed E-state index contributed by atoms with van der Waals surface area (Å²) in [6.07, 6.45) is 41.9. The van der Waals surface area contributed by atoms with Crippen LogP contribution in [-0.2, 0) is 51.4 Å². The van der Waals surface area contributed by atoms with Gasteiger partial charge in [0.15, 0.2) is 22.6 Å². The predicted molar refractivity (Wildman–Crippen MR) is 584 cm³/mol. The maximum atomic E-state index is 6.43. The highest BCUT2D eigenvalue weighted by Crippen LogP contribution is 2.69. The summed E-state index contributed by atoms with van der Waals surface area (Å²) in [5.41, 5.74) is 17.3. The monoisotopic (exact) mass is 2030 g/mol. The molecule has 4 aromatic carbocycles. The van der Waals surface area contributed by atoms with Crippen LogP contribution in [-0.4, -0.2) is 89.9 Å². The zero-order valence-electron chi connectivity index (χ0n) is 70.5. The Bertz CT molecular complexity index is 5700. The van der Waals surface area contributed by atoms with Gasteiger partial charge in [-0.1, -0.05) is 248 Å². The van der Waals surface area contributed by atoms with E-state index in [1.807, 2.05) is 281 Å². The maximum absolute atomic E-state index is 6.43.